The summed E-state index contributed by atoms with van der Waals surface area (Å²) in [5.41, 5.74) is -0.101. The second-order valence-electron chi connectivity index (χ2n) is 5.57. The van der Waals surface area contributed by atoms with E-state index in [2.05, 4.69) is 27.2 Å². The van der Waals surface area contributed by atoms with Gasteiger partial charge in [-0.05, 0) is 38.6 Å². The van der Waals surface area contributed by atoms with E-state index in [1.165, 1.54) is 38.1 Å². The van der Waals surface area contributed by atoms with Crippen LogP contribution in [0.2, 0.25) is 0 Å². The SMILES string of the molecule is CN1C2CCC1CC(CNc1cc(=O)[nH]cn1)C2. The Morgan fingerprint density at radius 3 is 2.83 bits per heavy atom. The summed E-state index contributed by atoms with van der Waals surface area (Å²) >= 11 is 0. The molecule has 5 heteroatoms. The Hall–Kier alpha value is -1.36. The summed E-state index contributed by atoms with van der Waals surface area (Å²) < 4.78 is 0. The number of fused-ring (bicyclic) bond motifs is 2. The molecule has 1 aromatic rings. The number of piperidine rings is 1. The summed E-state index contributed by atoms with van der Waals surface area (Å²) in [7, 11) is 2.25. The fourth-order valence-corrected chi connectivity index (χ4v) is 3.40. The van der Waals surface area contributed by atoms with Crippen molar-refractivity contribution in [3.05, 3.63) is 22.7 Å². The highest BCUT2D eigenvalue weighted by atomic mass is 16.1. The number of H-pyrrole nitrogens is 1. The Balaban J connectivity index is 1.57. The van der Waals surface area contributed by atoms with Gasteiger partial charge in [0.25, 0.3) is 5.56 Å². The van der Waals surface area contributed by atoms with E-state index in [0.29, 0.717) is 11.7 Å². The van der Waals surface area contributed by atoms with Crippen molar-refractivity contribution in [1.29, 1.82) is 0 Å². The number of aromatic nitrogens is 2. The fraction of sp³-hybridized carbons (Fsp3) is 0.692. The number of anilines is 1. The lowest BCUT2D eigenvalue weighted by Crippen LogP contribution is -2.41. The quantitative estimate of drug-likeness (QED) is 0.839. The van der Waals surface area contributed by atoms with Gasteiger partial charge in [0.15, 0.2) is 0 Å². The van der Waals surface area contributed by atoms with Crippen molar-refractivity contribution in [2.75, 3.05) is 18.9 Å². The largest absolute Gasteiger partial charge is 0.370 e. The van der Waals surface area contributed by atoms with E-state index in [9.17, 15) is 4.79 Å². The summed E-state index contributed by atoms with van der Waals surface area (Å²) in [4.78, 5) is 20.3. The molecule has 5 nitrogen and oxygen atoms in total. The molecule has 0 spiro atoms. The maximum atomic E-state index is 11.2. The monoisotopic (exact) mass is 248 g/mol. The van der Waals surface area contributed by atoms with E-state index in [0.717, 1.165) is 18.6 Å². The molecule has 0 amide bonds. The third kappa shape index (κ3) is 2.27. The van der Waals surface area contributed by atoms with Crippen LogP contribution in [0.15, 0.2) is 17.2 Å². The van der Waals surface area contributed by atoms with Crippen molar-refractivity contribution in [2.45, 2.75) is 37.8 Å². The lowest BCUT2D eigenvalue weighted by molar-refractivity contribution is 0.139. The van der Waals surface area contributed by atoms with Crippen molar-refractivity contribution in [3.63, 3.8) is 0 Å². The highest BCUT2D eigenvalue weighted by Gasteiger charge is 2.38. The topological polar surface area (TPSA) is 61.0 Å². The zero-order chi connectivity index (χ0) is 12.5. The minimum absolute atomic E-state index is 0.101. The molecule has 0 aromatic carbocycles. The van der Waals surface area contributed by atoms with E-state index < -0.39 is 0 Å². The second-order valence-corrected chi connectivity index (χ2v) is 5.57. The summed E-state index contributed by atoms with van der Waals surface area (Å²) in [6.07, 6.45) is 6.68. The van der Waals surface area contributed by atoms with E-state index in [1.54, 1.807) is 0 Å². The van der Waals surface area contributed by atoms with Crippen molar-refractivity contribution >= 4 is 5.82 Å². The Kier molecular flexibility index (Phi) is 3.07. The van der Waals surface area contributed by atoms with Crippen LogP contribution in [0.1, 0.15) is 25.7 Å². The third-order valence-corrected chi connectivity index (χ3v) is 4.45. The van der Waals surface area contributed by atoms with Crippen LogP contribution in [0.5, 0.6) is 0 Å². The maximum Gasteiger partial charge on any atom is 0.252 e. The van der Waals surface area contributed by atoms with E-state index in [4.69, 9.17) is 0 Å². The summed E-state index contributed by atoms with van der Waals surface area (Å²) in [5.74, 6) is 1.39. The molecule has 2 aliphatic rings. The van der Waals surface area contributed by atoms with Gasteiger partial charge in [0.05, 0.1) is 6.33 Å². The molecule has 2 bridgehead atoms. The number of nitrogens with one attached hydrogen (secondary N) is 2. The van der Waals surface area contributed by atoms with Gasteiger partial charge >= 0.3 is 0 Å². The van der Waals surface area contributed by atoms with Gasteiger partial charge in [0, 0.05) is 24.7 Å². The lowest BCUT2D eigenvalue weighted by Gasteiger charge is -2.36. The Morgan fingerprint density at radius 2 is 2.17 bits per heavy atom. The smallest absolute Gasteiger partial charge is 0.252 e. The average Bonchev–Trinajstić information content (AvgIpc) is 2.60. The molecule has 0 saturated carbocycles. The first-order chi connectivity index (χ1) is 8.72. The first-order valence-corrected chi connectivity index (χ1v) is 6.73. The molecule has 2 aliphatic heterocycles. The first-order valence-electron chi connectivity index (χ1n) is 6.73. The number of hydrogen-bond donors (Lipinski definition) is 2. The normalized spacial score (nSPS) is 31.5. The highest BCUT2D eigenvalue weighted by Crippen LogP contribution is 2.37. The van der Waals surface area contributed by atoms with Gasteiger partial charge in [-0.3, -0.25) is 4.79 Å². The van der Waals surface area contributed by atoms with Crippen molar-refractivity contribution in [1.82, 2.24) is 14.9 Å². The van der Waals surface area contributed by atoms with Gasteiger partial charge in [-0.2, -0.15) is 0 Å². The van der Waals surface area contributed by atoms with Gasteiger partial charge in [-0.1, -0.05) is 0 Å². The van der Waals surface area contributed by atoms with Gasteiger partial charge in [-0.15, -0.1) is 0 Å². The summed E-state index contributed by atoms with van der Waals surface area (Å²) in [5, 5.41) is 3.29. The van der Waals surface area contributed by atoms with Crippen LogP contribution >= 0.6 is 0 Å². The Bertz CT molecular complexity index is 458. The minimum atomic E-state index is -0.101. The standard InChI is InChI=1S/C13H20N4O/c1-17-10-2-3-11(17)5-9(4-10)7-14-12-6-13(18)16-8-15-12/h6,8-11H,2-5,7H2,1H3,(H2,14,15,16,18). The molecule has 0 aliphatic carbocycles. The molecule has 0 radical (unpaired) electrons. The Labute approximate surface area is 107 Å². The molecule has 2 saturated heterocycles. The van der Waals surface area contributed by atoms with Crippen LogP contribution in [-0.2, 0) is 0 Å². The van der Waals surface area contributed by atoms with Crippen LogP contribution < -0.4 is 10.9 Å². The molecule has 2 atom stereocenters. The molecule has 18 heavy (non-hydrogen) atoms. The first kappa shape index (κ1) is 11.7. The van der Waals surface area contributed by atoms with E-state index in [-0.39, 0.29) is 5.56 Å². The summed E-state index contributed by atoms with van der Waals surface area (Å²) in [6.45, 7) is 0.928. The van der Waals surface area contributed by atoms with Crippen LogP contribution in [-0.4, -0.2) is 40.5 Å². The zero-order valence-corrected chi connectivity index (χ0v) is 10.7. The molecule has 3 rings (SSSR count). The number of rotatable bonds is 3. The third-order valence-electron chi connectivity index (χ3n) is 4.45. The number of nitrogens with zero attached hydrogens (tertiary/aromatic N) is 2. The molecular formula is C13H20N4O. The predicted octanol–water partition coefficient (Wildman–Crippen LogP) is 1.05. The van der Waals surface area contributed by atoms with Crippen molar-refractivity contribution in [2.24, 2.45) is 5.92 Å². The molecule has 3 heterocycles. The van der Waals surface area contributed by atoms with Crippen LogP contribution in [0.4, 0.5) is 5.82 Å². The number of aromatic amines is 1. The van der Waals surface area contributed by atoms with Gasteiger partial charge < -0.3 is 15.2 Å². The van der Waals surface area contributed by atoms with Crippen LogP contribution in [0.25, 0.3) is 0 Å². The van der Waals surface area contributed by atoms with E-state index >= 15 is 0 Å². The molecule has 2 N–H and O–H groups in total. The van der Waals surface area contributed by atoms with Crippen molar-refractivity contribution < 1.29 is 0 Å². The maximum absolute atomic E-state index is 11.2. The number of hydrogen-bond acceptors (Lipinski definition) is 4. The van der Waals surface area contributed by atoms with Gasteiger partial charge in [0.1, 0.15) is 5.82 Å². The van der Waals surface area contributed by atoms with Gasteiger partial charge in [-0.25, -0.2) is 4.98 Å². The summed E-state index contributed by atoms with van der Waals surface area (Å²) in [6, 6.07) is 3.05. The Morgan fingerprint density at radius 1 is 1.44 bits per heavy atom. The van der Waals surface area contributed by atoms with E-state index in [1.807, 2.05) is 0 Å². The molecule has 2 unspecified atom stereocenters. The lowest BCUT2D eigenvalue weighted by atomic mass is 9.91. The molecular weight excluding hydrogens is 228 g/mol. The second kappa shape index (κ2) is 4.72. The predicted molar refractivity (Wildman–Crippen MR) is 70.6 cm³/mol. The zero-order valence-electron chi connectivity index (χ0n) is 10.7. The van der Waals surface area contributed by atoms with Crippen LogP contribution in [0.3, 0.4) is 0 Å². The molecule has 2 fully saturated rings. The van der Waals surface area contributed by atoms with Crippen LogP contribution in [0, 0.1) is 5.92 Å². The fourth-order valence-electron chi connectivity index (χ4n) is 3.40. The molecule has 98 valence electrons. The minimum Gasteiger partial charge on any atom is -0.370 e. The average molecular weight is 248 g/mol. The highest BCUT2D eigenvalue weighted by molar-refractivity contribution is 5.31. The van der Waals surface area contributed by atoms with Gasteiger partial charge in [0.2, 0.25) is 0 Å². The van der Waals surface area contributed by atoms with Crippen molar-refractivity contribution in [3.8, 4) is 0 Å². The molecule has 1 aromatic heterocycles.